The smallest absolute Gasteiger partial charge is 0.165 e. The normalized spacial score (nSPS) is 18.3. The molecule has 0 bridgehead atoms. The Morgan fingerprint density at radius 2 is 1.82 bits per heavy atom. The van der Waals surface area contributed by atoms with Gasteiger partial charge in [-0.15, -0.1) is 0 Å². The summed E-state index contributed by atoms with van der Waals surface area (Å²) in [7, 11) is 0. The van der Waals surface area contributed by atoms with E-state index in [-0.39, 0.29) is 5.79 Å². The van der Waals surface area contributed by atoms with E-state index >= 15 is 0 Å². The molecule has 0 aromatic heterocycles. The summed E-state index contributed by atoms with van der Waals surface area (Å²) in [6.45, 7) is 5.71. The van der Waals surface area contributed by atoms with Gasteiger partial charge in [0.25, 0.3) is 0 Å². The fourth-order valence-electron chi connectivity index (χ4n) is 2.75. The van der Waals surface area contributed by atoms with E-state index in [1.807, 2.05) is 0 Å². The topological polar surface area (TPSA) is 27.7 Å². The third kappa shape index (κ3) is 6.05. The molecule has 0 spiro atoms. The molecule has 22 heavy (non-hydrogen) atoms. The quantitative estimate of drug-likeness (QED) is 0.410. The van der Waals surface area contributed by atoms with Gasteiger partial charge in [-0.2, -0.15) is 0 Å². The van der Waals surface area contributed by atoms with Crippen molar-refractivity contribution >= 4 is 22.6 Å². The highest BCUT2D eigenvalue weighted by atomic mass is 127. The van der Waals surface area contributed by atoms with Gasteiger partial charge < -0.3 is 14.2 Å². The molecule has 0 aliphatic carbocycles. The van der Waals surface area contributed by atoms with Crippen molar-refractivity contribution in [1.82, 2.24) is 0 Å². The Balaban J connectivity index is 1.62. The molecule has 3 nitrogen and oxygen atoms in total. The van der Waals surface area contributed by atoms with E-state index < -0.39 is 0 Å². The summed E-state index contributed by atoms with van der Waals surface area (Å²) in [5.74, 6) is 0.648. The maximum Gasteiger partial charge on any atom is 0.165 e. The number of ether oxygens (including phenoxy) is 3. The van der Waals surface area contributed by atoms with Crippen molar-refractivity contribution in [2.45, 2.75) is 64.3 Å². The molecule has 1 unspecified atom stereocenters. The molecule has 1 saturated heterocycles. The Bertz CT molecular complexity index is 426. The summed E-state index contributed by atoms with van der Waals surface area (Å²) in [5, 5.41) is 0. The zero-order valence-electron chi connectivity index (χ0n) is 13.6. The summed E-state index contributed by atoms with van der Waals surface area (Å²) < 4.78 is 18.6. The van der Waals surface area contributed by atoms with Crippen molar-refractivity contribution in [1.29, 1.82) is 0 Å². The van der Waals surface area contributed by atoms with Crippen LogP contribution in [0.5, 0.6) is 5.75 Å². The average Bonchev–Trinajstić information content (AvgIpc) is 2.94. The molecule has 1 aromatic rings. The molecule has 4 heteroatoms. The Kier molecular flexibility index (Phi) is 7.44. The fraction of sp³-hybridized carbons (Fsp3) is 0.667. The van der Waals surface area contributed by atoms with Crippen molar-refractivity contribution in [3.63, 3.8) is 0 Å². The number of unbranched alkanes of at least 4 members (excludes halogenated alkanes) is 2. The van der Waals surface area contributed by atoms with Crippen LogP contribution in [0.25, 0.3) is 0 Å². The second-order valence-electron chi connectivity index (χ2n) is 6.03. The van der Waals surface area contributed by atoms with Crippen molar-refractivity contribution in [3.8, 4) is 5.75 Å². The predicted molar refractivity (Wildman–Crippen MR) is 97.3 cm³/mol. The SMILES string of the molecule is CCC(CCCCCC1(C)OCCO1)Oc1ccc(I)cc1. The van der Waals surface area contributed by atoms with Gasteiger partial charge in [-0.3, -0.25) is 0 Å². The van der Waals surface area contributed by atoms with E-state index in [9.17, 15) is 0 Å². The summed E-state index contributed by atoms with van der Waals surface area (Å²) in [5.41, 5.74) is 0. The van der Waals surface area contributed by atoms with Gasteiger partial charge in [0.2, 0.25) is 0 Å². The van der Waals surface area contributed by atoms with E-state index in [1.165, 1.54) is 16.4 Å². The van der Waals surface area contributed by atoms with E-state index in [4.69, 9.17) is 14.2 Å². The van der Waals surface area contributed by atoms with Crippen LogP contribution in [-0.2, 0) is 9.47 Å². The predicted octanol–water partition coefficient (Wildman–Crippen LogP) is 5.16. The molecular weight excluding hydrogens is 391 g/mol. The molecule has 1 heterocycles. The highest BCUT2D eigenvalue weighted by Crippen LogP contribution is 2.25. The van der Waals surface area contributed by atoms with Crippen LogP contribution in [0, 0.1) is 3.57 Å². The minimum Gasteiger partial charge on any atom is -0.490 e. The second-order valence-corrected chi connectivity index (χ2v) is 7.28. The Hall–Kier alpha value is -0.330. The fourth-order valence-corrected chi connectivity index (χ4v) is 3.11. The Morgan fingerprint density at radius 3 is 2.45 bits per heavy atom. The van der Waals surface area contributed by atoms with Gasteiger partial charge in [0.1, 0.15) is 5.75 Å². The van der Waals surface area contributed by atoms with Gasteiger partial charge in [0.15, 0.2) is 5.79 Å². The lowest BCUT2D eigenvalue weighted by Crippen LogP contribution is -2.25. The third-order valence-electron chi connectivity index (χ3n) is 4.13. The molecule has 1 aliphatic heterocycles. The van der Waals surface area contributed by atoms with Crippen molar-refractivity contribution in [2.75, 3.05) is 13.2 Å². The van der Waals surface area contributed by atoms with Crippen LogP contribution >= 0.6 is 22.6 Å². The zero-order valence-corrected chi connectivity index (χ0v) is 15.8. The minimum atomic E-state index is -0.332. The summed E-state index contributed by atoms with van der Waals surface area (Å²) in [6.07, 6.45) is 7.01. The number of benzene rings is 1. The first-order valence-corrected chi connectivity index (χ1v) is 9.39. The first kappa shape index (κ1) is 18.0. The van der Waals surface area contributed by atoms with Crippen LogP contribution in [0.15, 0.2) is 24.3 Å². The van der Waals surface area contributed by atoms with Crippen LogP contribution in [-0.4, -0.2) is 25.1 Å². The van der Waals surface area contributed by atoms with Gasteiger partial charge in [0, 0.05) is 9.99 Å². The first-order chi connectivity index (χ1) is 10.6. The average molecular weight is 418 g/mol. The molecule has 2 rings (SSSR count). The van der Waals surface area contributed by atoms with Crippen LogP contribution in [0.3, 0.4) is 0 Å². The minimum absolute atomic E-state index is 0.314. The number of halogens is 1. The Labute approximate surface area is 147 Å². The lowest BCUT2D eigenvalue weighted by Gasteiger charge is -2.22. The highest BCUT2D eigenvalue weighted by molar-refractivity contribution is 14.1. The molecule has 1 fully saturated rings. The summed E-state index contributed by atoms with van der Waals surface area (Å²) in [6, 6.07) is 8.29. The molecule has 1 aromatic carbocycles. The maximum absolute atomic E-state index is 6.07. The van der Waals surface area contributed by atoms with Crippen LogP contribution < -0.4 is 4.74 Å². The number of rotatable bonds is 9. The summed E-state index contributed by atoms with van der Waals surface area (Å²) >= 11 is 2.31. The molecular formula is C18H27IO3. The maximum atomic E-state index is 6.07. The lowest BCUT2D eigenvalue weighted by atomic mass is 10.0. The standard InChI is InChI=1S/C18H27IO3/c1-3-16(22-17-10-8-15(19)9-11-17)7-5-4-6-12-18(2)20-13-14-21-18/h8-11,16H,3-7,12-14H2,1-2H3. The second kappa shape index (κ2) is 9.08. The highest BCUT2D eigenvalue weighted by Gasteiger charge is 2.29. The van der Waals surface area contributed by atoms with Crippen LogP contribution in [0.1, 0.15) is 52.4 Å². The van der Waals surface area contributed by atoms with E-state index in [2.05, 4.69) is 60.7 Å². The van der Waals surface area contributed by atoms with Gasteiger partial charge in [-0.05, 0) is 79.5 Å². The molecule has 0 radical (unpaired) electrons. The first-order valence-electron chi connectivity index (χ1n) is 8.31. The third-order valence-corrected chi connectivity index (χ3v) is 4.85. The molecule has 1 aliphatic rings. The largest absolute Gasteiger partial charge is 0.490 e. The van der Waals surface area contributed by atoms with Crippen molar-refractivity contribution in [2.24, 2.45) is 0 Å². The van der Waals surface area contributed by atoms with Crippen molar-refractivity contribution in [3.05, 3.63) is 27.8 Å². The Morgan fingerprint density at radius 1 is 1.14 bits per heavy atom. The molecule has 0 N–H and O–H groups in total. The molecule has 0 saturated carbocycles. The molecule has 124 valence electrons. The number of hydrogen-bond donors (Lipinski definition) is 0. The zero-order chi connectivity index (χ0) is 15.8. The molecule has 1 atom stereocenters. The molecule has 0 amide bonds. The van der Waals surface area contributed by atoms with Gasteiger partial charge in [-0.1, -0.05) is 13.3 Å². The monoisotopic (exact) mass is 418 g/mol. The number of hydrogen-bond acceptors (Lipinski definition) is 3. The lowest BCUT2D eigenvalue weighted by molar-refractivity contribution is -0.147. The van der Waals surface area contributed by atoms with Gasteiger partial charge >= 0.3 is 0 Å². The van der Waals surface area contributed by atoms with E-state index in [1.54, 1.807) is 0 Å². The van der Waals surface area contributed by atoms with Crippen LogP contribution in [0.4, 0.5) is 0 Å². The van der Waals surface area contributed by atoms with Crippen LogP contribution in [0.2, 0.25) is 0 Å². The van der Waals surface area contributed by atoms with Gasteiger partial charge in [0.05, 0.1) is 19.3 Å². The van der Waals surface area contributed by atoms with E-state index in [0.717, 1.165) is 44.6 Å². The van der Waals surface area contributed by atoms with E-state index in [0.29, 0.717) is 6.10 Å². The summed E-state index contributed by atoms with van der Waals surface area (Å²) in [4.78, 5) is 0. The van der Waals surface area contributed by atoms with Gasteiger partial charge in [-0.25, -0.2) is 0 Å². The van der Waals surface area contributed by atoms with Crippen molar-refractivity contribution < 1.29 is 14.2 Å².